The van der Waals surface area contributed by atoms with E-state index in [0.29, 0.717) is 11.5 Å². The number of fused-ring (bicyclic) bond motifs is 4. The van der Waals surface area contributed by atoms with Crippen LogP contribution in [0.25, 0.3) is 27.6 Å². The summed E-state index contributed by atoms with van der Waals surface area (Å²) < 4.78 is 20.2. The molecule has 0 bridgehead atoms. The van der Waals surface area contributed by atoms with Gasteiger partial charge in [0.05, 0.1) is 5.52 Å². The van der Waals surface area contributed by atoms with Crippen molar-refractivity contribution in [3.63, 3.8) is 0 Å². The smallest absolute Gasteiger partial charge is 0.521 e. The van der Waals surface area contributed by atoms with Crippen molar-refractivity contribution in [1.29, 1.82) is 0 Å². The molecule has 0 amide bonds. The summed E-state index contributed by atoms with van der Waals surface area (Å²) in [6, 6.07) is 34.5. The third-order valence-corrected chi connectivity index (χ3v) is 6.47. The van der Waals surface area contributed by atoms with Gasteiger partial charge in [-0.2, -0.15) is 18.2 Å². The molecule has 2 aromatic heterocycles. The minimum Gasteiger partial charge on any atom is -0.521 e. The second kappa shape index (κ2) is 9.70. The van der Waals surface area contributed by atoms with Gasteiger partial charge in [-0.3, -0.25) is 0 Å². The largest absolute Gasteiger partial charge is 2.00 e. The van der Waals surface area contributed by atoms with Crippen LogP contribution in [-0.2, 0) is 21.1 Å². The molecule has 38 heavy (non-hydrogen) atoms. The Hall–Kier alpha value is -4.02. The molecule has 0 saturated heterocycles. The zero-order chi connectivity index (χ0) is 24.9. The van der Waals surface area contributed by atoms with Crippen molar-refractivity contribution in [2.75, 3.05) is 0 Å². The van der Waals surface area contributed by atoms with Gasteiger partial charge in [-0.25, -0.2) is 4.98 Å². The Morgan fingerprint density at radius 2 is 1.47 bits per heavy atom. The van der Waals surface area contributed by atoms with E-state index in [1.54, 1.807) is 0 Å². The number of hydrogen-bond acceptors (Lipinski definition) is 4. The first kappa shape index (κ1) is 24.3. The molecule has 7 rings (SSSR count). The molecule has 0 spiro atoms. The summed E-state index contributed by atoms with van der Waals surface area (Å²) in [6.07, 6.45) is 1.90. The van der Waals surface area contributed by atoms with Gasteiger partial charge >= 0.3 is 28.2 Å². The van der Waals surface area contributed by atoms with E-state index in [2.05, 4.69) is 54.8 Å². The van der Waals surface area contributed by atoms with Gasteiger partial charge in [0.15, 0.2) is 0 Å². The van der Waals surface area contributed by atoms with Crippen LogP contribution in [0.2, 0.25) is 0 Å². The predicted molar refractivity (Wildman–Crippen MR) is 145 cm³/mol. The van der Waals surface area contributed by atoms with Crippen LogP contribution in [-0.4, -0.2) is 16.7 Å². The fourth-order valence-corrected chi connectivity index (χ4v) is 4.79. The second-order valence-electron chi connectivity index (χ2n) is 9.23. The Bertz CT molecular complexity index is 1730. The second-order valence-corrected chi connectivity index (χ2v) is 9.23. The SMILES string of the molecule is Cc1ccc2c(c1)c1cc(C)cnc1n2-c1[c-]c(Oc2[c-]c(B3Oc4ccccc4O3)ccc2)ccc1.[Pt+2]. The molecule has 0 radical (unpaired) electrons. The van der Waals surface area contributed by atoms with Gasteiger partial charge in [0.2, 0.25) is 0 Å². The number of benzene rings is 4. The zero-order valence-electron chi connectivity index (χ0n) is 20.7. The summed E-state index contributed by atoms with van der Waals surface area (Å²) in [5.41, 5.74) is 5.92. The van der Waals surface area contributed by atoms with Crippen molar-refractivity contribution >= 4 is 34.5 Å². The molecule has 0 saturated carbocycles. The molecule has 186 valence electrons. The molecule has 4 aromatic carbocycles. The fraction of sp³-hybridized carbons (Fsp3) is 0.0645. The summed E-state index contributed by atoms with van der Waals surface area (Å²) in [5, 5.41) is 2.29. The van der Waals surface area contributed by atoms with Gasteiger partial charge in [0, 0.05) is 28.5 Å². The first-order chi connectivity index (χ1) is 18.1. The van der Waals surface area contributed by atoms with Crippen LogP contribution in [0.4, 0.5) is 0 Å². The van der Waals surface area contributed by atoms with Crippen molar-refractivity contribution in [1.82, 2.24) is 9.55 Å². The number of ether oxygens (including phenoxy) is 1. The number of para-hydroxylation sites is 2. The standard InChI is InChI=1S/C31H21BN2O3.Pt/c1-20-13-14-28-26(15-20)27-16-21(2)19-33-31(27)34(28)23-8-6-10-25(18-23)35-24-9-5-7-22(17-24)32-36-29-11-3-4-12-30(29)37-32;/h3-16,19H,1-2H3;/q-2;+2. The normalized spacial score (nSPS) is 12.1. The van der Waals surface area contributed by atoms with Crippen LogP contribution in [0.15, 0.2) is 91.1 Å². The molecule has 1 aliphatic rings. The van der Waals surface area contributed by atoms with E-state index >= 15 is 0 Å². The molecule has 0 unspecified atom stereocenters. The molecule has 3 heterocycles. The number of hydrogen-bond donors (Lipinski definition) is 0. The van der Waals surface area contributed by atoms with Gasteiger partial charge in [0.1, 0.15) is 17.1 Å². The first-order valence-electron chi connectivity index (χ1n) is 12.1. The minimum absolute atomic E-state index is 0. The molecule has 0 atom stereocenters. The maximum Gasteiger partial charge on any atom is 2.00 e. The average Bonchev–Trinajstić information content (AvgIpc) is 3.48. The zero-order valence-corrected chi connectivity index (χ0v) is 22.9. The van der Waals surface area contributed by atoms with Crippen molar-refractivity contribution in [2.24, 2.45) is 0 Å². The monoisotopic (exact) mass is 675 g/mol. The molecule has 6 aromatic rings. The number of pyridine rings is 1. The van der Waals surface area contributed by atoms with Crippen LogP contribution < -0.4 is 19.5 Å². The number of aryl methyl sites for hydroxylation is 2. The van der Waals surface area contributed by atoms with Crippen LogP contribution >= 0.6 is 0 Å². The Labute approximate surface area is 235 Å². The van der Waals surface area contributed by atoms with Crippen LogP contribution in [0, 0.1) is 26.0 Å². The summed E-state index contributed by atoms with van der Waals surface area (Å²) in [7, 11) is -0.563. The van der Waals surface area contributed by atoms with Crippen molar-refractivity contribution in [3.05, 3.63) is 114 Å². The molecule has 0 aliphatic carbocycles. The van der Waals surface area contributed by atoms with E-state index in [9.17, 15) is 0 Å². The van der Waals surface area contributed by atoms with Gasteiger partial charge in [-0.1, -0.05) is 34.9 Å². The average molecular weight is 675 g/mol. The molecular weight excluding hydrogens is 654 g/mol. The molecular formula is C31H21BN2O3Pt. The van der Waals surface area contributed by atoms with Gasteiger partial charge < -0.3 is 18.6 Å². The van der Waals surface area contributed by atoms with Crippen molar-refractivity contribution in [3.8, 4) is 28.7 Å². The number of rotatable bonds is 4. The van der Waals surface area contributed by atoms with Crippen LogP contribution in [0.1, 0.15) is 11.1 Å². The molecule has 0 N–H and O–H groups in total. The molecule has 5 nitrogen and oxygen atoms in total. The maximum absolute atomic E-state index is 6.20. The van der Waals surface area contributed by atoms with E-state index in [1.807, 2.05) is 66.9 Å². The topological polar surface area (TPSA) is 45.5 Å². The fourth-order valence-electron chi connectivity index (χ4n) is 4.79. The predicted octanol–water partition coefficient (Wildman–Crippen LogP) is 6.35. The van der Waals surface area contributed by atoms with E-state index in [-0.39, 0.29) is 21.1 Å². The van der Waals surface area contributed by atoms with Crippen LogP contribution in [0.5, 0.6) is 23.0 Å². The van der Waals surface area contributed by atoms with E-state index in [4.69, 9.17) is 19.0 Å². The third-order valence-electron chi connectivity index (χ3n) is 6.47. The Kier molecular flexibility index (Phi) is 6.21. The van der Waals surface area contributed by atoms with E-state index in [1.165, 1.54) is 10.9 Å². The summed E-state index contributed by atoms with van der Waals surface area (Å²) in [4.78, 5) is 4.78. The van der Waals surface area contributed by atoms with Crippen LogP contribution in [0.3, 0.4) is 0 Å². The Balaban J connectivity index is 0.00000264. The first-order valence-corrected chi connectivity index (χ1v) is 12.1. The van der Waals surface area contributed by atoms with Gasteiger partial charge in [0.25, 0.3) is 0 Å². The number of nitrogens with zero attached hydrogens (tertiary/aromatic N) is 2. The number of aromatic nitrogens is 2. The minimum atomic E-state index is -0.563. The molecule has 1 aliphatic heterocycles. The van der Waals surface area contributed by atoms with Gasteiger partial charge in [-0.15, -0.1) is 30.3 Å². The molecule has 7 heteroatoms. The summed E-state index contributed by atoms with van der Waals surface area (Å²) in [5.74, 6) is 2.58. The Morgan fingerprint density at radius 3 is 2.26 bits per heavy atom. The summed E-state index contributed by atoms with van der Waals surface area (Å²) >= 11 is 0. The quantitative estimate of drug-likeness (QED) is 0.162. The maximum atomic E-state index is 6.20. The Morgan fingerprint density at radius 1 is 0.763 bits per heavy atom. The van der Waals surface area contributed by atoms with Crippen molar-refractivity contribution < 1.29 is 35.1 Å². The van der Waals surface area contributed by atoms with E-state index < -0.39 is 7.12 Å². The summed E-state index contributed by atoms with van der Waals surface area (Å²) in [6.45, 7) is 4.17. The molecule has 0 fully saturated rings. The van der Waals surface area contributed by atoms with E-state index in [0.717, 1.165) is 44.8 Å². The van der Waals surface area contributed by atoms with Gasteiger partial charge in [-0.05, 0) is 49.7 Å². The van der Waals surface area contributed by atoms with Crippen molar-refractivity contribution in [2.45, 2.75) is 13.8 Å². The third kappa shape index (κ3) is 4.25.